The Bertz CT molecular complexity index is 852. The van der Waals surface area contributed by atoms with Gasteiger partial charge in [0, 0.05) is 21.3 Å². The van der Waals surface area contributed by atoms with Gasteiger partial charge in [-0.1, -0.05) is 61.0 Å². The molecule has 1 heterocycles. The number of aliphatic hydroxyl groups is 1. The molecule has 1 aliphatic heterocycles. The van der Waals surface area contributed by atoms with Crippen LogP contribution >= 0.6 is 15.9 Å². The number of benzene rings is 2. The van der Waals surface area contributed by atoms with Crippen LogP contribution in [0.1, 0.15) is 48.7 Å². The zero-order valence-corrected chi connectivity index (χ0v) is 16.0. The largest absolute Gasteiger partial charge is 0.375 e. The molecule has 2 aromatic carbocycles. The molecular weight excluding hydrogens is 382 g/mol. The monoisotopic (exact) mass is 401 g/mol. The number of fused-ring (bicyclic) bond motifs is 1. The molecule has 0 aromatic heterocycles. The molecule has 0 spiro atoms. The van der Waals surface area contributed by atoms with Gasteiger partial charge in [-0.05, 0) is 29.2 Å². The van der Waals surface area contributed by atoms with Crippen LogP contribution in [0.4, 0.5) is 5.69 Å². The van der Waals surface area contributed by atoms with Gasteiger partial charge in [-0.3, -0.25) is 9.59 Å². The van der Waals surface area contributed by atoms with Crippen LogP contribution in [-0.2, 0) is 15.8 Å². The first-order valence-electron chi connectivity index (χ1n) is 8.09. The zero-order valence-electron chi connectivity index (χ0n) is 14.4. The summed E-state index contributed by atoms with van der Waals surface area (Å²) in [5.41, 5.74) is 0.710. The molecule has 1 amide bonds. The van der Waals surface area contributed by atoms with E-state index in [1.54, 1.807) is 30.3 Å². The molecule has 5 heteroatoms. The molecule has 1 unspecified atom stereocenters. The fourth-order valence-electron chi connectivity index (χ4n) is 2.98. The Morgan fingerprint density at radius 1 is 1.16 bits per heavy atom. The van der Waals surface area contributed by atoms with E-state index < -0.39 is 11.5 Å². The predicted octanol–water partition coefficient (Wildman–Crippen LogP) is 4.16. The van der Waals surface area contributed by atoms with Crippen molar-refractivity contribution in [3.8, 4) is 0 Å². The van der Waals surface area contributed by atoms with E-state index >= 15 is 0 Å². The van der Waals surface area contributed by atoms with Crippen LogP contribution in [0, 0.1) is 0 Å². The number of hydrogen-bond donors (Lipinski definition) is 2. The van der Waals surface area contributed by atoms with Crippen LogP contribution in [0.3, 0.4) is 0 Å². The third kappa shape index (κ3) is 3.26. The minimum absolute atomic E-state index is 0.00364. The molecule has 0 bridgehead atoms. The first-order chi connectivity index (χ1) is 11.6. The van der Waals surface area contributed by atoms with Crippen LogP contribution in [-0.4, -0.2) is 16.8 Å². The number of halogens is 1. The van der Waals surface area contributed by atoms with Crippen molar-refractivity contribution < 1.29 is 14.7 Å². The van der Waals surface area contributed by atoms with Gasteiger partial charge >= 0.3 is 0 Å². The maximum Gasteiger partial charge on any atom is 0.261 e. The van der Waals surface area contributed by atoms with Crippen molar-refractivity contribution in [2.24, 2.45) is 0 Å². The number of amides is 1. The standard InChI is InChI=1S/C20H20BrNO3/c1-19(2,3)13-6-4-12(5-7-13)17(23)11-20(25)15-10-14(21)8-9-16(15)22-18(20)24/h4-10,25H,11H2,1-3H3,(H,22,24). The highest BCUT2D eigenvalue weighted by atomic mass is 79.9. The van der Waals surface area contributed by atoms with Crippen LogP contribution in [0.25, 0.3) is 0 Å². The van der Waals surface area contributed by atoms with E-state index in [1.807, 2.05) is 12.1 Å². The third-order valence-electron chi connectivity index (χ3n) is 4.54. The lowest BCUT2D eigenvalue weighted by Crippen LogP contribution is -2.36. The molecule has 0 fully saturated rings. The summed E-state index contributed by atoms with van der Waals surface area (Å²) < 4.78 is 0.739. The summed E-state index contributed by atoms with van der Waals surface area (Å²) in [5.74, 6) is -0.841. The van der Waals surface area contributed by atoms with E-state index in [-0.39, 0.29) is 17.6 Å². The van der Waals surface area contributed by atoms with Crippen molar-refractivity contribution >= 4 is 33.3 Å². The lowest BCUT2D eigenvalue weighted by molar-refractivity contribution is -0.133. The maximum atomic E-state index is 12.7. The summed E-state index contributed by atoms with van der Waals surface area (Å²) in [4.78, 5) is 24.9. The average molecular weight is 402 g/mol. The minimum atomic E-state index is -1.85. The van der Waals surface area contributed by atoms with Gasteiger partial charge < -0.3 is 10.4 Å². The lowest BCUT2D eigenvalue weighted by Gasteiger charge is -2.21. The quantitative estimate of drug-likeness (QED) is 0.758. The molecule has 0 aliphatic carbocycles. The van der Waals surface area contributed by atoms with Gasteiger partial charge in [0.05, 0.1) is 6.42 Å². The summed E-state index contributed by atoms with van der Waals surface area (Å²) in [6.07, 6.45) is -0.294. The summed E-state index contributed by atoms with van der Waals surface area (Å²) >= 11 is 3.34. The number of carbonyl (C=O) groups excluding carboxylic acids is 2. The van der Waals surface area contributed by atoms with E-state index in [0.717, 1.165) is 10.0 Å². The highest BCUT2D eigenvalue weighted by Crippen LogP contribution is 2.40. The summed E-state index contributed by atoms with van der Waals surface area (Å²) in [5, 5.41) is 13.5. The second kappa shape index (κ2) is 6.07. The first kappa shape index (κ1) is 17.8. The van der Waals surface area contributed by atoms with Crippen molar-refractivity contribution in [2.75, 3.05) is 5.32 Å². The third-order valence-corrected chi connectivity index (χ3v) is 5.03. The molecule has 0 saturated heterocycles. The second-order valence-electron chi connectivity index (χ2n) is 7.43. The van der Waals surface area contributed by atoms with Gasteiger partial charge in [-0.15, -0.1) is 0 Å². The molecule has 2 aromatic rings. The molecule has 1 atom stereocenters. The number of anilines is 1. The average Bonchev–Trinajstić information content (AvgIpc) is 2.78. The zero-order chi connectivity index (χ0) is 18.4. The van der Waals surface area contributed by atoms with Crippen LogP contribution in [0.15, 0.2) is 46.9 Å². The fourth-order valence-corrected chi connectivity index (χ4v) is 3.34. The lowest BCUT2D eigenvalue weighted by atomic mass is 9.85. The van der Waals surface area contributed by atoms with E-state index in [9.17, 15) is 14.7 Å². The van der Waals surface area contributed by atoms with Gasteiger partial charge in [-0.25, -0.2) is 0 Å². The van der Waals surface area contributed by atoms with Gasteiger partial charge in [0.25, 0.3) is 5.91 Å². The van der Waals surface area contributed by atoms with Gasteiger partial charge in [0.2, 0.25) is 0 Å². The Balaban J connectivity index is 1.88. The van der Waals surface area contributed by atoms with Crippen molar-refractivity contribution in [2.45, 2.75) is 38.2 Å². The van der Waals surface area contributed by atoms with Crippen molar-refractivity contribution in [3.05, 3.63) is 63.6 Å². The van der Waals surface area contributed by atoms with E-state index in [1.165, 1.54) is 0 Å². The van der Waals surface area contributed by atoms with Crippen LogP contribution in [0.2, 0.25) is 0 Å². The summed E-state index contributed by atoms with van der Waals surface area (Å²) in [6.45, 7) is 6.30. The molecule has 1 aliphatic rings. The number of Topliss-reactive ketones (excluding diaryl/α,β-unsaturated/α-hetero) is 1. The number of carbonyl (C=O) groups is 2. The Hall–Kier alpha value is -1.98. The smallest absolute Gasteiger partial charge is 0.261 e. The first-order valence-corrected chi connectivity index (χ1v) is 8.88. The van der Waals surface area contributed by atoms with Gasteiger partial charge in [0.1, 0.15) is 0 Å². The number of rotatable bonds is 3. The van der Waals surface area contributed by atoms with Crippen molar-refractivity contribution in [3.63, 3.8) is 0 Å². The molecular formula is C20H20BrNO3. The Kier molecular flexibility index (Phi) is 4.33. The van der Waals surface area contributed by atoms with E-state index in [0.29, 0.717) is 16.8 Å². The molecule has 130 valence electrons. The maximum absolute atomic E-state index is 12.7. The van der Waals surface area contributed by atoms with Crippen molar-refractivity contribution in [1.29, 1.82) is 0 Å². The normalized spacial score (nSPS) is 19.5. The molecule has 3 rings (SSSR count). The van der Waals surface area contributed by atoms with Gasteiger partial charge in [0.15, 0.2) is 11.4 Å². The molecule has 4 nitrogen and oxygen atoms in total. The summed E-state index contributed by atoms with van der Waals surface area (Å²) in [7, 11) is 0. The highest BCUT2D eigenvalue weighted by molar-refractivity contribution is 9.10. The Labute approximate surface area is 155 Å². The van der Waals surface area contributed by atoms with Crippen molar-refractivity contribution in [1.82, 2.24) is 0 Å². The van der Waals surface area contributed by atoms with Crippen LogP contribution in [0.5, 0.6) is 0 Å². The Morgan fingerprint density at radius 3 is 2.40 bits per heavy atom. The molecule has 2 N–H and O–H groups in total. The topological polar surface area (TPSA) is 66.4 Å². The Morgan fingerprint density at radius 2 is 1.80 bits per heavy atom. The fraction of sp³-hybridized carbons (Fsp3) is 0.300. The molecule has 0 radical (unpaired) electrons. The highest BCUT2D eigenvalue weighted by Gasteiger charge is 2.46. The second-order valence-corrected chi connectivity index (χ2v) is 8.35. The molecule has 0 saturated carbocycles. The summed E-state index contributed by atoms with van der Waals surface area (Å²) in [6, 6.07) is 12.5. The van der Waals surface area contributed by atoms with E-state index in [4.69, 9.17) is 0 Å². The van der Waals surface area contributed by atoms with Crippen LogP contribution < -0.4 is 5.32 Å². The SMILES string of the molecule is CC(C)(C)c1ccc(C(=O)CC2(O)C(=O)Nc3ccc(Br)cc32)cc1. The number of hydrogen-bond acceptors (Lipinski definition) is 3. The number of ketones is 1. The molecule has 25 heavy (non-hydrogen) atoms. The number of nitrogens with one attached hydrogen (secondary N) is 1. The van der Waals surface area contributed by atoms with E-state index in [2.05, 4.69) is 42.0 Å². The van der Waals surface area contributed by atoms with Gasteiger partial charge in [-0.2, -0.15) is 0 Å². The minimum Gasteiger partial charge on any atom is -0.375 e. The predicted molar refractivity (Wildman–Crippen MR) is 101 cm³/mol.